The third kappa shape index (κ3) is 3.28. The number of hydroxylamine groups is 2. The highest BCUT2D eigenvalue weighted by atomic mass is 16.7. The lowest BCUT2D eigenvalue weighted by Gasteiger charge is -2.16. The normalized spacial score (nSPS) is 17.5. The van der Waals surface area contributed by atoms with Crippen molar-refractivity contribution in [3.63, 3.8) is 0 Å². The van der Waals surface area contributed by atoms with Gasteiger partial charge in [-0.1, -0.05) is 13.8 Å². The van der Waals surface area contributed by atoms with Crippen LogP contribution in [0.25, 0.3) is 11.0 Å². The number of ether oxygens (including phenoxy) is 1. The van der Waals surface area contributed by atoms with Gasteiger partial charge in [0.25, 0.3) is 5.91 Å². The number of hydrogen-bond acceptors (Lipinski definition) is 5. The van der Waals surface area contributed by atoms with E-state index in [4.69, 9.17) is 14.0 Å². The number of fused-ring (bicyclic) bond motifs is 1. The van der Waals surface area contributed by atoms with Crippen LogP contribution in [-0.2, 0) is 16.1 Å². The van der Waals surface area contributed by atoms with E-state index in [9.17, 15) is 9.59 Å². The first kappa shape index (κ1) is 16.5. The van der Waals surface area contributed by atoms with Crippen LogP contribution in [0.1, 0.15) is 25.0 Å². The van der Waals surface area contributed by atoms with Crippen LogP contribution >= 0.6 is 0 Å². The van der Waals surface area contributed by atoms with E-state index in [1.165, 1.54) is 11.1 Å². The van der Waals surface area contributed by atoms with Gasteiger partial charge in [0.1, 0.15) is 11.3 Å². The van der Waals surface area contributed by atoms with Gasteiger partial charge in [-0.3, -0.25) is 9.63 Å². The first-order valence-corrected chi connectivity index (χ1v) is 8.11. The van der Waals surface area contributed by atoms with Gasteiger partial charge < -0.3 is 9.15 Å². The predicted molar refractivity (Wildman–Crippen MR) is 88.9 cm³/mol. The quantitative estimate of drug-likeness (QED) is 0.805. The maximum atomic E-state index is 12.2. The number of aryl methyl sites for hydroxylation is 2. The Morgan fingerprint density at radius 3 is 2.83 bits per heavy atom. The van der Waals surface area contributed by atoms with Crippen molar-refractivity contribution in [3.05, 3.63) is 39.7 Å². The molecule has 0 spiro atoms. The van der Waals surface area contributed by atoms with Gasteiger partial charge >= 0.3 is 5.63 Å². The molecule has 1 saturated heterocycles. The van der Waals surface area contributed by atoms with Crippen molar-refractivity contribution in [2.45, 2.75) is 27.2 Å². The van der Waals surface area contributed by atoms with Gasteiger partial charge in [0.05, 0.1) is 18.5 Å². The summed E-state index contributed by atoms with van der Waals surface area (Å²) in [5, 5.41) is 2.09. The van der Waals surface area contributed by atoms with Crippen LogP contribution in [0.5, 0.6) is 5.75 Å². The second-order valence-corrected chi connectivity index (χ2v) is 6.22. The van der Waals surface area contributed by atoms with Crippen molar-refractivity contribution >= 4 is 16.9 Å². The molecule has 3 rings (SSSR count). The second kappa shape index (κ2) is 6.65. The van der Waals surface area contributed by atoms with E-state index in [1.54, 1.807) is 6.07 Å². The van der Waals surface area contributed by atoms with Crippen LogP contribution in [0.15, 0.2) is 27.4 Å². The Hall–Kier alpha value is -2.34. The minimum atomic E-state index is -0.383. The van der Waals surface area contributed by atoms with Gasteiger partial charge in [0.15, 0.2) is 6.61 Å². The standard InChI is InChI=1S/C18H21NO5/c1-4-13-7-17(21)24-15-6-11(2)5-14(18(13)15)22-10-16(20)19-8-12(3)9-23-19/h5-7,12H,4,8-10H2,1-3H3. The van der Waals surface area contributed by atoms with Crippen LogP contribution in [0.4, 0.5) is 0 Å². The molecule has 1 aromatic heterocycles. The lowest BCUT2D eigenvalue weighted by Crippen LogP contribution is -2.32. The molecule has 0 aliphatic carbocycles. The van der Waals surface area contributed by atoms with E-state index in [0.717, 1.165) is 16.5 Å². The summed E-state index contributed by atoms with van der Waals surface area (Å²) in [6.45, 7) is 6.88. The highest BCUT2D eigenvalue weighted by molar-refractivity contribution is 5.88. The van der Waals surface area contributed by atoms with E-state index in [2.05, 4.69) is 0 Å². The summed E-state index contributed by atoms with van der Waals surface area (Å²) in [7, 11) is 0. The lowest BCUT2D eigenvalue weighted by molar-refractivity contribution is -0.170. The number of rotatable bonds is 4. The first-order chi connectivity index (χ1) is 11.5. The molecule has 128 valence electrons. The zero-order valence-electron chi connectivity index (χ0n) is 14.1. The minimum Gasteiger partial charge on any atom is -0.483 e. The van der Waals surface area contributed by atoms with Crippen molar-refractivity contribution in [2.24, 2.45) is 5.92 Å². The summed E-state index contributed by atoms with van der Waals surface area (Å²) in [4.78, 5) is 29.2. The van der Waals surface area contributed by atoms with Gasteiger partial charge in [-0.05, 0) is 36.6 Å². The number of nitrogens with zero attached hydrogens (tertiary/aromatic N) is 1. The molecule has 0 N–H and O–H groups in total. The summed E-state index contributed by atoms with van der Waals surface area (Å²) < 4.78 is 11.0. The average molecular weight is 331 g/mol. The fourth-order valence-corrected chi connectivity index (χ4v) is 2.85. The Bertz CT molecular complexity index is 826. The molecule has 1 amide bonds. The molecular formula is C18H21NO5. The van der Waals surface area contributed by atoms with E-state index in [0.29, 0.717) is 36.8 Å². The van der Waals surface area contributed by atoms with Crippen LogP contribution in [0, 0.1) is 12.8 Å². The Kier molecular flexibility index (Phi) is 4.57. The monoisotopic (exact) mass is 331 g/mol. The van der Waals surface area contributed by atoms with Crippen LogP contribution in [0.2, 0.25) is 0 Å². The predicted octanol–water partition coefficient (Wildman–Crippen LogP) is 2.45. The third-order valence-electron chi connectivity index (χ3n) is 4.04. The van der Waals surface area contributed by atoms with Gasteiger partial charge in [0, 0.05) is 12.0 Å². The molecule has 1 unspecified atom stereocenters. The van der Waals surface area contributed by atoms with E-state index < -0.39 is 0 Å². The van der Waals surface area contributed by atoms with Crippen molar-refractivity contribution in [2.75, 3.05) is 19.8 Å². The molecule has 24 heavy (non-hydrogen) atoms. The Morgan fingerprint density at radius 2 is 2.17 bits per heavy atom. The van der Waals surface area contributed by atoms with Crippen molar-refractivity contribution in [1.29, 1.82) is 0 Å². The fraction of sp³-hybridized carbons (Fsp3) is 0.444. The van der Waals surface area contributed by atoms with Gasteiger partial charge in [-0.25, -0.2) is 9.86 Å². The van der Waals surface area contributed by atoms with Crippen molar-refractivity contribution in [1.82, 2.24) is 5.06 Å². The molecular weight excluding hydrogens is 310 g/mol. The number of carbonyl (C=O) groups excluding carboxylic acids is 1. The zero-order chi connectivity index (χ0) is 17.3. The van der Waals surface area contributed by atoms with E-state index in [-0.39, 0.29) is 18.1 Å². The summed E-state index contributed by atoms with van der Waals surface area (Å²) >= 11 is 0. The van der Waals surface area contributed by atoms with Crippen LogP contribution < -0.4 is 10.4 Å². The Labute approximate surface area is 139 Å². The van der Waals surface area contributed by atoms with E-state index in [1.807, 2.05) is 26.8 Å². The maximum absolute atomic E-state index is 12.2. The van der Waals surface area contributed by atoms with Gasteiger partial charge in [-0.2, -0.15) is 0 Å². The number of benzene rings is 1. The van der Waals surface area contributed by atoms with Crippen molar-refractivity contribution < 1.29 is 18.8 Å². The third-order valence-corrected chi connectivity index (χ3v) is 4.04. The topological polar surface area (TPSA) is 69.0 Å². The molecule has 0 radical (unpaired) electrons. The second-order valence-electron chi connectivity index (χ2n) is 6.22. The molecule has 1 aromatic carbocycles. The average Bonchev–Trinajstić information content (AvgIpc) is 2.97. The lowest BCUT2D eigenvalue weighted by atomic mass is 10.1. The first-order valence-electron chi connectivity index (χ1n) is 8.11. The molecule has 1 aliphatic rings. The number of amides is 1. The smallest absolute Gasteiger partial charge is 0.336 e. The molecule has 6 nitrogen and oxygen atoms in total. The molecule has 2 heterocycles. The SMILES string of the molecule is CCc1cc(=O)oc2cc(C)cc(OCC(=O)N3CC(C)CO3)c12. The largest absolute Gasteiger partial charge is 0.483 e. The van der Waals surface area contributed by atoms with Gasteiger partial charge in [-0.15, -0.1) is 0 Å². The molecule has 0 bridgehead atoms. The van der Waals surface area contributed by atoms with Crippen LogP contribution in [-0.4, -0.2) is 30.7 Å². The summed E-state index contributed by atoms with van der Waals surface area (Å²) in [6.07, 6.45) is 0.669. The molecule has 1 aliphatic heterocycles. The molecule has 2 aromatic rings. The van der Waals surface area contributed by atoms with E-state index >= 15 is 0 Å². The molecule has 0 saturated carbocycles. The number of hydrogen-bond donors (Lipinski definition) is 0. The van der Waals surface area contributed by atoms with Crippen molar-refractivity contribution in [3.8, 4) is 5.75 Å². The summed E-state index contributed by atoms with van der Waals surface area (Å²) in [5.41, 5.74) is 1.83. The summed E-state index contributed by atoms with van der Waals surface area (Å²) in [5.74, 6) is 0.658. The highest BCUT2D eigenvalue weighted by Gasteiger charge is 2.25. The molecule has 1 fully saturated rings. The molecule has 1 atom stereocenters. The van der Waals surface area contributed by atoms with Crippen LogP contribution in [0.3, 0.4) is 0 Å². The Morgan fingerprint density at radius 1 is 1.38 bits per heavy atom. The fourth-order valence-electron chi connectivity index (χ4n) is 2.85. The van der Waals surface area contributed by atoms with Gasteiger partial charge in [0.2, 0.25) is 0 Å². The molecule has 6 heteroatoms. The summed E-state index contributed by atoms with van der Waals surface area (Å²) in [6, 6.07) is 5.12. The maximum Gasteiger partial charge on any atom is 0.336 e. The zero-order valence-corrected chi connectivity index (χ0v) is 14.1. The highest BCUT2D eigenvalue weighted by Crippen LogP contribution is 2.30. The number of carbonyl (C=O) groups is 1. The Balaban J connectivity index is 1.88. The minimum absolute atomic E-state index is 0.118.